The molecular weight excluding hydrogens is 626 g/mol. The van der Waals surface area contributed by atoms with Gasteiger partial charge in [-0.15, -0.1) is 0 Å². The first-order valence-electron chi connectivity index (χ1n) is 15.3. The predicted molar refractivity (Wildman–Crippen MR) is 172 cm³/mol. The zero-order valence-electron chi connectivity index (χ0n) is 25.6. The minimum Gasteiger partial charge on any atom is -0.367 e. The highest BCUT2D eigenvalue weighted by Gasteiger charge is 2.29. The lowest BCUT2D eigenvalue weighted by Crippen LogP contribution is -2.51. The van der Waals surface area contributed by atoms with Gasteiger partial charge in [-0.1, -0.05) is 54.6 Å². The maximum Gasteiger partial charge on any atom is 0.290 e. The number of halogens is 4. The van der Waals surface area contributed by atoms with Crippen molar-refractivity contribution in [3.8, 4) is 0 Å². The minimum absolute atomic E-state index is 0.169. The van der Waals surface area contributed by atoms with Gasteiger partial charge in [-0.2, -0.15) is 0 Å². The molecule has 7 nitrogen and oxygen atoms in total. The number of anilines is 1. The molecule has 1 aliphatic rings. The lowest BCUT2D eigenvalue weighted by Gasteiger charge is -2.36. The second kappa shape index (κ2) is 13.6. The molecule has 5 aromatic rings. The molecule has 0 saturated carbocycles. The molecule has 1 aliphatic heterocycles. The monoisotopic (exact) mass is 655 g/mol. The van der Waals surface area contributed by atoms with Crippen LogP contribution in [0.4, 0.5) is 23.2 Å². The van der Waals surface area contributed by atoms with Crippen molar-refractivity contribution in [2.24, 2.45) is 0 Å². The van der Waals surface area contributed by atoms with Gasteiger partial charge in [0, 0.05) is 49.9 Å². The molecule has 11 heteroatoms. The molecule has 0 radical (unpaired) electrons. The number of carbonyl (C=O) groups is 3. The van der Waals surface area contributed by atoms with Gasteiger partial charge in [-0.3, -0.25) is 19.2 Å². The fraction of sp³-hybridized carbons (Fsp3) is 0.189. The molecule has 2 heterocycles. The van der Waals surface area contributed by atoms with Crippen molar-refractivity contribution in [2.45, 2.75) is 19.4 Å². The molecular formula is C37H29F4N3O4. The summed E-state index contributed by atoms with van der Waals surface area (Å²) in [6, 6.07) is 22.3. The van der Waals surface area contributed by atoms with Crippen LogP contribution in [0.15, 0.2) is 95.9 Å². The van der Waals surface area contributed by atoms with E-state index in [1.807, 2.05) is 42.5 Å². The predicted octanol–water partition coefficient (Wildman–Crippen LogP) is 5.69. The summed E-state index contributed by atoms with van der Waals surface area (Å²) in [6.07, 6.45) is 0.0777. The van der Waals surface area contributed by atoms with Crippen LogP contribution >= 0.6 is 0 Å². The number of piperazine rings is 1. The molecule has 0 N–H and O–H groups in total. The molecule has 1 fully saturated rings. The Kier molecular flexibility index (Phi) is 9.20. The first-order valence-corrected chi connectivity index (χ1v) is 15.3. The number of nitrogens with zero attached hydrogens (tertiary/aromatic N) is 3. The van der Waals surface area contributed by atoms with Crippen molar-refractivity contribution >= 4 is 33.9 Å². The van der Waals surface area contributed by atoms with Crippen LogP contribution in [0.2, 0.25) is 0 Å². The van der Waals surface area contributed by atoms with E-state index in [4.69, 9.17) is 0 Å². The number of Topliss-reactive ketones (excluding diaryl/α,β-unsaturated/α-hetero) is 2. The summed E-state index contributed by atoms with van der Waals surface area (Å²) >= 11 is 0. The number of hydrogen-bond donors (Lipinski definition) is 0. The number of aromatic nitrogens is 1. The van der Waals surface area contributed by atoms with E-state index < -0.39 is 58.3 Å². The number of ketones is 2. The average molecular weight is 656 g/mol. The number of amides is 1. The Hall–Kier alpha value is -5.58. The Balaban J connectivity index is 1.20. The van der Waals surface area contributed by atoms with Crippen LogP contribution in [0.1, 0.15) is 33.5 Å². The quantitative estimate of drug-likeness (QED) is 0.0671. The molecule has 4 aromatic carbocycles. The first-order chi connectivity index (χ1) is 23.1. The van der Waals surface area contributed by atoms with Gasteiger partial charge >= 0.3 is 0 Å². The molecule has 0 spiro atoms. The minimum atomic E-state index is -1.67. The molecule has 0 bridgehead atoms. The van der Waals surface area contributed by atoms with Crippen LogP contribution in [-0.2, 0) is 22.6 Å². The highest BCUT2D eigenvalue weighted by atomic mass is 19.2. The Morgan fingerprint density at radius 2 is 1.46 bits per heavy atom. The van der Waals surface area contributed by atoms with Crippen molar-refractivity contribution in [1.82, 2.24) is 9.47 Å². The first kappa shape index (κ1) is 32.4. The number of rotatable bonds is 9. The Bertz CT molecular complexity index is 2120. The molecule has 6 rings (SSSR count). The van der Waals surface area contributed by atoms with Gasteiger partial charge in [0.05, 0.1) is 18.5 Å². The van der Waals surface area contributed by atoms with Crippen LogP contribution in [0, 0.1) is 23.3 Å². The normalized spacial score (nSPS) is 13.2. The van der Waals surface area contributed by atoms with Crippen LogP contribution < -0.4 is 10.5 Å². The van der Waals surface area contributed by atoms with Gasteiger partial charge in [-0.25, -0.2) is 17.6 Å². The fourth-order valence-electron chi connectivity index (χ4n) is 5.99. The van der Waals surface area contributed by atoms with E-state index in [0.717, 1.165) is 39.2 Å². The number of carbonyl (C=O) groups excluding carboxylic acids is 3. The Morgan fingerprint density at radius 1 is 0.729 bits per heavy atom. The van der Waals surface area contributed by atoms with Gasteiger partial charge < -0.3 is 14.4 Å². The van der Waals surface area contributed by atoms with Gasteiger partial charge in [0.25, 0.3) is 11.5 Å². The topological polar surface area (TPSA) is 79.7 Å². The Morgan fingerprint density at radius 3 is 2.23 bits per heavy atom. The van der Waals surface area contributed by atoms with E-state index in [2.05, 4.69) is 4.90 Å². The summed E-state index contributed by atoms with van der Waals surface area (Å²) in [5.74, 6) is -7.80. The highest BCUT2D eigenvalue weighted by Crippen LogP contribution is 2.27. The number of fused-ring (bicyclic) bond motifs is 1. The standard InChI is InChI=1S/C37H29F4N3O4/c38-27-8-3-5-23(18-27)21-44-22-24(17-26-11-12-30(39)35(41)34(26)40)19-29(36(44)47)32(45)20-33(46)37(48)43-15-13-42(14-16-43)31-10-4-7-25-6-1-2-9-28(25)31/h1-12,18-19,22H,13-17,20-21H2. The van der Waals surface area contributed by atoms with Crippen molar-refractivity contribution in [3.05, 3.63) is 147 Å². The van der Waals surface area contributed by atoms with E-state index in [0.29, 0.717) is 18.7 Å². The van der Waals surface area contributed by atoms with Crippen LogP contribution in [0.25, 0.3) is 10.8 Å². The summed E-state index contributed by atoms with van der Waals surface area (Å²) < 4.78 is 57.0. The second-order valence-corrected chi connectivity index (χ2v) is 11.6. The molecule has 0 atom stereocenters. The molecule has 0 aliphatic carbocycles. The lowest BCUT2D eigenvalue weighted by atomic mass is 10.0. The van der Waals surface area contributed by atoms with E-state index in [9.17, 15) is 36.7 Å². The van der Waals surface area contributed by atoms with Gasteiger partial charge in [0.1, 0.15) is 5.82 Å². The lowest BCUT2D eigenvalue weighted by molar-refractivity contribution is -0.144. The van der Waals surface area contributed by atoms with Gasteiger partial charge in [-0.05, 0) is 52.4 Å². The number of pyridine rings is 1. The van der Waals surface area contributed by atoms with Crippen molar-refractivity contribution < 1.29 is 31.9 Å². The summed E-state index contributed by atoms with van der Waals surface area (Å²) in [6.45, 7) is 1.25. The second-order valence-electron chi connectivity index (χ2n) is 11.6. The van der Waals surface area contributed by atoms with Crippen molar-refractivity contribution in [1.29, 1.82) is 0 Å². The van der Waals surface area contributed by atoms with Crippen LogP contribution in [-0.4, -0.2) is 53.1 Å². The smallest absolute Gasteiger partial charge is 0.290 e. The zero-order valence-corrected chi connectivity index (χ0v) is 25.6. The van der Waals surface area contributed by atoms with Gasteiger partial charge in [0.2, 0.25) is 5.78 Å². The maximum absolute atomic E-state index is 14.5. The average Bonchev–Trinajstić information content (AvgIpc) is 3.09. The van der Waals surface area contributed by atoms with Crippen LogP contribution in [0.5, 0.6) is 0 Å². The van der Waals surface area contributed by atoms with E-state index >= 15 is 0 Å². The van der Waals surface area contributed by atoms with Gasteiger partial charge in [0.15, 0.2) is 23.2 Å². The fourth-order valence-corrected chi connectivity index (χ4v) is 5.99. The molecule has 244 valence electrons. The third-order valence-corrected chi connectivity index (χ3v) is 8.43. The molecule has 1 saturated heterocycles. The third-order valence-electron chi connectivity index (χ3n) is 8.43. The molecule has 48 heavy (non-hydrogen) atoms. The highest BCUT2D eigenvalue weighted by molar-refractivity contribution is 6.40. The summed E-state index contributed by atoms with van der Waals surface area (Å²) in [5, 5.41) is 2.15. The van der Waals surface area contributed by atoms with E-state index in [-0.39, 0.29) is 37.2 Å². The zero-order chi connectivity index (χ0) is 33.9. The number of benzene rings is 4. The molecule has 1 aromatic heterocycles. The largest absolute Gasteiger partial charge is 0.367 e. The maximum atomic E-state index is 14.5. The summed E-state index contributed by atoms with van der Waals surface area (Å²) in [4.78, 5) is 56.5. The Labute approximate surface area is 272 Å². The third kappa shape index (κ3) is 6.76. The van der Waals surface area contributed by atoms with Crippen molar-refractivity contribution in [3.63, 3.8) is 0 Å². The van der Waals surface area contributed by atoms with E-state index in [1.165, 1.54) is 29.3 Å². The molecule has 1 amide bonds. The van der Waals surface area contributed by atoms with Crippen LogP contribution in [0.3, 0.4) is 0 Å². The molecule has 0 unspecified atom stereocenters. The summed E-state index contributed by atoms with van der Waals surface area (Å²) in [7, 11) is 0. The SMILES string of the molecule is O=C(CC(=O)c1cc(Cc2ccc(F)c(F)c2F)cn(Cc2cccc(F)c2)c1=O)C(=O)N1CCN(c2cccc3ccccc23)CC1. The summed E-state index contributed by atoms with van der Waals surface area (Å²) in [5.41, 5.74) is 0.0520. The number of hydrogen-bond acceptors (Lipinski definition) is 5. The van der Waals surface area contributed by atoms with Crippen molar-refractivity contribution in [2.75, 3.05) is 31.1 Å². The van der Waals surface area contributed by atoms with E-state index in [1.54, 1.807) is 6.07 Å².